The second kappa shape index (κ2) is 6.89. The molecule has 3 nitrogen and oxygen atoms in total. The molecule has 24 heavy (non-hydrogen) atoms. The first kappa shape index (κ1) is 15.6. The number of fused-ring (bicyclic) bond motifs is 2. The van der Waals surface area contributed by atoms with Crippen molar-refractivity contribution in [3.63, 3.8) is 0 Å². The summed E-state index contributed by atoms with van der Waals surface area (Å²) in [5.41, 5.74) is 4.01. The highest BCUT2D eigenvalue weighted by Crippen LogP contribution is 2.32. The molecule has 1 amide bonds. The number of hydrogen-bond donors (Lipinski definition) is 1. The summed E-state index contributed by atoms with van der Waals surface area (Å²) in [5.74, 6) is 1.43. The number of hydrogen-bond acceptors (Lipinski definition) is 3. The molecule has 1 unspecified atom stereocenters. The molecule has 0 bridgehead atoms. The van der Waals surface area contributed by atoms with Gasteiger partial charge in [-0.3, -0.25) is 4.79 Å². The molecular weight excluding hydrogens is 318 g/mol. The molecule has 1 heterocycles. The Bertz CT molecular complexity index is 759. The Morgan fingerprint density at radius 1 is 1.17 bits per heavy atom. The number of aryl methyl sites for hydroxylation is 2. The Labute approximate surface area is 146 Å². The fraction of sp³-hybridized carbons (Fsp3) is 0.350. The third kappa shape index (κ3) is 3.29. The van der Waals surface area contributed by atoms with Crippen LogP contribution in [0.5, 0.6) is 5.75 Å². The van der Waals surface area contributed by atoms with Crippen molar-refractivity contribution in [3.05, 3.63) is 59.2 Å². The van der Waals surface area contributed by atoms with Gasteiger partial charge in [-0.1, -0.05) is 24.3 Å². The Morgan fingerprint density at radius 2 is 2.04 bits per heavy atom. The van der Waals surface area contributed by atoms with Crippen LogP contribution in [0, 0.1) is 0 Å². The van der Waals surface area contributed by atoms with E-state index in [2.05, 4.69) is 23.5 Å². The van der Waals surface area contributed by atoms with E-state index in [0.29, 0.717) is 12.4 Å². The molecule has 2 aliphatic rings. The molecule has 1 aliphatic carbocycles. The Hall–Kier alpha value is -1.94. The van der Waals surface area contributed by atoms with Gasteiger partial charge in [0.25, 0.3) is 0 Å². The summed E-state index contributed by atoms with van der Waals surface area (Å²) in [6.45, 7) is 0.653. The number of carbonyl (C=O) groups is 1. The maximum Gasteiger partial charge on any atom is 0.230 e. The molecule has 2 aromatic rings. The van der Waals surface area contributed by atoms with Crippen molar-refractivity contribution < 1.29 is 9.53 Å². The number of rotatable bonds is 4. The van der Waals surface area contributed by atoms with Crippen molar-refractivity contribution >= 4 is 17.7 Å². The van der Waals surface area contributed by atoms with Crippen LogP contribution in [-0.4, -0.2) is 18.3 Å². The number of para-hydroxylation sites is 1. The fourth-order valence-corrected chi connectivity index (χ4v) is 4.29. The lowest BCUT2D eigenvalue weighted by molar-refractivity contribution is -0.119. The Kier molecular flexibility index (Phi) is 4.48. The molecule has 0 aromatic heterocycles. The molecule has 1 atom stereocenters. The smallest absolute Gasteiger partial charge is 0.230 e. The van der Waals surface area contributed by atoms with E-state index >= 15 is 0 Å². The standard InChI is InChI=1S/C20H21NO2S/c22-20(13-24-16-9-8-14-4-3-5-15(14)12-16)21-18-10-11-23-19-7-2-1-6-17(18)19/h1-2,6-9,12,18H,3-5,10-11,13H2,(H,21,22). The summed E-state index contributed by atoms with van der Waals surface area (Å²) in [6, 6.07) is 14.6. The SMILES string of the molecule is O=C(CSc1ccc2c(c1)CCC2)NC1CCOc2ccccc21. The van der Waals surface area contributed by atoms with Gasteiger partial charge in [0.15, 0.2) is 0 Å². The quantitative estimate of drug-likeness (QED) is 0.859. The highest BCUT2D eigenvalue weighted by atomic mass is 32.2. The molecule has 4 heteroatoms. The first-order valence-electron chi connectivity index (χ1n) is 8.55. The van der Waals surface area contributed by atoms with E-state index in [1.54, 1.807) is 11.8 Å². The average Bonchev–Trinajstić information content (AvgIpc) is 3.08. The highest BCUT2D eigenvalue weighted by molar-refractivity contribution is 8.00. The lowest BCUT2D eigenvalue weighted by Crippen LogP contribution is -2.33. The second-order valence-electron chi connectivity index (χ2n) is 6.37. The minimum Gasteiger partial charge on any atom is -0.493 e. The normalized spacial score (nSPS) is 18.4. The molecule has 0 saturated heterocycles. The number of thioether (sulfide) groups is 1. The summed E-state index contributed by atoms with van der Waals surface area (Å²) in [4.78, 5) is 13.5. The van der Waals surface area contributed by atoms with E-state index in [0.717, 1.165) is 17.7 Å². The molecule has 1 N–H and O–H groups in total. The van der Waals surface area contributed by atoms with E-state index in [1.165, 1.54) is 35.3 Å². The molecule has 4 rings (SSSR count). The predicted molar refractivity (Wildman–Crippen MR) is 96.6 cm³/mol. The zero-order valence-corrected chi connectivity index (χ0v) is 14.4. The third-order valence-corrected chi connectivity index (χ3v) is 5.73. The van der Waals surface area contributed by atoms with Crippen LogP contribution in [-0.2, 0) is 17.6 Å². The first-order chi connectivity index (χ1) is 11.8. The van der Waals surface area contributed by atoms with Gasteiger partial charge in [-0.05, 0) is 48.6 Å². The zero-order valence-electron chi connectivity index (χ0n) is 13.6. The lowest BCUT2D eigenvalue weighted by atomic mass is 10.0. The van der Waals surface area contributed by atoms with Crippen LogP contribution in [0.15, 0.2) is 47.4 Å². The summed E-state index contributed by atoms with van der Waals surface area (Å²) >= 11 is 1.62. The van der Waals surface area contributed by atoms with Crippen molar-refractivity contribution in [2.75, 3.05) is 12.4 Å². The largest absolute Gasteiger partial charge is 0.493 e. The van der Waals surface area contributed by atoms with Crippen LogP contribution < -0.4 is 10.1 Å². The maximum atomic E-state index is 12.4. The topological polar surface area (TPSA) is 38.3 Å². The van der Waals surface area contributed by atoms with Gasteiger partial charge in [0, 0.05) is 16.9 Å². The van der Waals surface area contributed by atoms with Crippen molar-refractivity contribution in [2.24, 2.45) is 0 Å². The van der Waals surface area contributed by atoms with Gasteiger partial charge in [-0.25, -0.2) is 0 Å². The van der Waals surface area contributed by atoms with Crippen LogP contribution in [0.4, 0.5) is 0 Å². The van der Waals surface area contributed by atoms with Crippen molar-refractivity contribution in [1.82, 2.24) is 5.32 Å². The number of carbonyl (C=O) groups excluding carboxylic acids is 1. The molecule has 124 valence electrons. The van der Waals surface area contributed by atoms with Crippen LogP contribution in [0.3, 0.4) is 0 Å². The number of ether oxygens (including phenoxy) is 1. The summed E-state index contributed by atoms with van der Waals surface area (Å²) in [6.07, 6.45) is 4.46. The Morgan fingerprint density at radius 3 is 3.00 bits per heavy atom. The van der Waals surface area contributed by atoms with Crippen molar-refractivity contribution in [2.45, 2.75) is 36.6 Å². The first-order valence-corrected chi connectivity index (χ1v) is 9.54. The number of nitrogens with one attached hydrogen (secondary N) is 1. The minimum absolute atomic E-state index is 0.0584. The molecule has 1 aliphatic heterocycles. The summed E-state index contributed by atoms with van der Waals surface area (Å²) in [7, 11) is 0. The average molecular weight is 339 g/mol. The van der Waals surface area contributed by atoms with Gasteiger partial charge in [0.05, 0.1) is 18.4 Å². The van der Waals surface area contributed by atoms with Gasteiger partial charge >= 0.3 is 0 Å². The zero-order chi connectivity index (χ0) is 16.4. The monoisotopic (exact) mass is 339 g/mol. The van der Waals surface area contributed by atoms with E-state index in [1.807, 2.05) is 24.3 Å². The van der Waals surface area contributed by atoms with Gasteiger partial charge in [-0.2, -0.15) is 0 Å². The Balaban J connectivity index is 1.36. The van der Waals surface area contributed by atoms with Gasteiger partial charge < -0.3 is 10.1 Å². The molecular formula is C20H21NO2S. The maximum absolute atomic E-state index is 12.4. The number of benzene rings is 2. The lowest BCUT2D eigenvalue weighted by Gasteiger charge is -2.26. The van der Waals surface area contributed by atoms with Crippen LogP contribution in [0.25, 0.3) is 0 Å². The molecule has 0 saturated carbocycles. The fourth-order valence-electron chi connectivity index (χ4n) is 3.51. The van der Waals surface area contributed by atoms with Crippen LogP contribution >= 0.6 is 11.8 Å². The van der Waals surface area contributed by atoms with E-state index in [-0.39, 0.29) is 11.9 Å². The van der Waals surface area contributed by atoms with Crippen molar-refractivity contribution in [1.29, 1.82) is 0 Å². The van der Waals surface area contributed by atoms with Gasteiger partial charge in [0.1, 0.15) is 5.75 Å². The number of amides is 1. The van der Waals surface area contributed by atoms with E-state index in [4.69, 9.17) is 4.74 Å². The molecule has 0 fully saturated rings. The minimum atomic E-state index is 0.0584. The van der Waals surface area contributed by atoms with Crippen molar-refractivity contribution in [3.8, 4) is 5.75 Å². The van der Waals surface area contributed by atoms with E-state index in [9.17, 15) is 4.79 Å². The van der Waals surface area contributed by atoms with E-state index < -0.39 is 0 Å². The van der Waals surface area contributed by atoms with Crippen LogP contribution in [0.1, 0.15) is 35.6 Å². The second-order valence-corrected chi connectivity index (χ2v) is 7.42. The molecule has 0 spiro atoms. The third-order valence-electron chi connectivity index (χ3n) is 4.73. The summed E-state index contributed by atoms with van der Waals surface area (Å²) in [5, 5.41) is 3.16. The van der Waals surface area contributed by atoms with Gasteiger partial charge in [0.2, 0.25) is 5.91 Å². The summed E-state index contributed by atoms with van der Waals surface area (Å²) < 4.78 is 5.65. The molecule has 2 aromatic carbocycles. The highest BCUT2D eigenvalue weighted by Gasteiger charge is 2.22. The van der Waals surface area contributed by atoms with Crippen LogP contribution in [0.2, 0.25) is 0 Å². The van der Waals surface area contributed by atoms with Gasteiger partial charge in [-0.15, -0.1) is 11.8 Å². The molecule has 0 radical (unpaired) electrons. The predicted octanol–water partition coefficient (Wildman–Crippen LogP) is 3.91.